The quantitative estimate of drug-likeness (QED) is 0.587. The molecular formula is C15H17BrFNO4. The number of rotatable bonds is 2. The molecule has 1 amide bonds. The van der Waals surface area contributed by atoms with Crippen LogP contribution in [0.3, 0.4) is 0 Å². The molecule has 0 fully saturated rings. The summed E-state index contributed by atoms with van der Waals surface area (Å²) < 4.78 is 25.0. The largest absolute Gasteiger partial charge is 0.486 e. The molecule has 0 saturated heterocycles. The summed E-state index contributed by atoms with van der Waals surface area (Å²) in [5.74, 6) is -1.24. The van der Waals surface area contributed by atoms with E-state index in [-0.39, 0.29) is 35.5 Å². The van der Waals surface area contributed by atoms with E-state index >= 15 is 0 Å². The van der Waals surface area contributed by atoms with Crippen molar-refractivity contribution in [1.29, 1.82) is 0 Å². The number of alkyl halides is 1. The monoisotopic (exact) mass is 373 g/mol. The maximum atomic E-state index is 14.4. The number of benzene rings is 1. The van der Waals surface area contributed by atoms with Crippen molar-refractivity contribution in [1.82, 2.24) is 0 Å². The summed E-state index contributed by atoms with van der Waals surface area (Å²) in [4.78, 5) is 25.2. The molecule has 2 rings (SSSR count). The van der Waals surface area contributed by atoms with Gasteiger partial charge in [-0.15, -0.1) is 0 Å². The highest BCUT2D eigenvalue weighted by molar-refractivity contribution is 9.09. The van der Waals surface area contributed by atoms with Gasteiger partial charge in [0.05, 0.1) is 23.1 Å². The van der Waals surface area contributed by atoms with Crippen LogP contribution in [-0.2, 0) is 4.74 Å². The fourth-order valence-electron chi connectivity index (χ4n) is 2.05. The number of Topliss-reactive ketones (excluding diaryl/α,β-unsaturated/α-hetero) is 1. The molecule has 0 bridgehead atoms. The maximum Gasteiger partial charge on any atom is 0.415 e. The van der Waals surface area contributed by atoms with Gasteiger partial charge in [0.2, 0.25) is 0 Å². The first kappa shape index (κ1) is 16.7. The molecule has 0 N–H and O–H groups in total. The molecule has 5 nitrogen and oxygen atoms in total. The molecule has 0 radical (unpaired) electrons. The van der Waals surface area contributed by atoms with Crippen molar-refractivity contribution >= 4 is 33.5 Å². The lowest BCUT2D eigenvalue weighted by atomic mass is 10.1. The van der Waals surface area contributed by atoms with E-state index in [4.69, 9.17) is 9.47 Å². The topological polar surface area (TPSA) is 55.8 Å². The smallest absolute Gasteiger partial charge is 0.415 e. The highest BCUT2D eigenvalue weighted by Gasteiger charge is 2.31. The zero-order chi connectivity index (χ0) is 16.5. The summed E-state index contributed by atoms with van der Waals surface area (Å²) in [5, 5.41) is 0.0124. The predicted octanol–water partition coefficient (Wildman–Crippen LogP) is 3.54. The average molecular weight is 374 g/mol. The summed E-state index contributed by atoms with van der Waals surface area (Å²) >= 11 is 3.01. The second kappa shape index (κ2) is 6.24. The van der Waals surface area contributed by atoms with Crippen molar-refractivity contribution in [3.63, 3.8) is 0 Å². The molecule has 0 aromatic heterocycles. The molecule has 1 aromatic carbocycles. The molecule has 0 unspecified atom stereocenters. The SMILES string of the molecule is CC(C)(C)OC(=O)N1CCOc2c1ccc(C(=O)CBr)c2F. The number of halogens is 2. The number of hydrogen-bond donors (Lipinski definition) is 0. The number of nitrogens with zero attached hydrogens (tertiary/aromatic N) is 1. The number of fused-ring (bicyclic) bond motifs is 1. The Kier molecular flexibility index (Phi) is 4.75. The van der Waals surface area contributed by atoms with Gasteiger partial charge in [-0.3, -0.25) is 9.69 Å². The van der Waals surface area contributed by atoms with Gasteiger partial charge in [0.1, 0.15) is 12.2 Å². The third-order valence-electron chi connectivity index (χ3n) is 2.96. The van der Waals surface area contributed by atoms with E-state index in [1.807, 2.05) is 0 Å². The van der Waals surface area contributed by atoms with Gasteiger partial charge in [0, 0.05) is 0 Å². The lowest BCUT2D eigenvalue weighted by Crippen LogP contribution is -2.41. The number of hydrogen-bond acceptors (Lipinski definition) is 4. The summed E-state index contributed by atoms with van der Waals surface area (Å²) in [5.41, 5.74) is -0.453. The van der Waals surface area contributed by atoms with E-state index in [2.05, 4.69) is 15.9 Å². The molecule has 0 aliphatic carbocycles. The highest BCUT2D eigenvalue weighted by atomic mass is 79.9. The predicted molar refractivity (Wildman–Crippen MR) is 83.6 cm³/mol. The zero-order valence-corrected chi connectivity index (χ0v) is 14.2. The Labute approximate surface area is 136 Å². The minimum absolute atomic E-state index is 0.0124. The van der Waals surface area contributed by atoms with Gasteiger partial charge in [-0.2, -0.15) is 0 Å². The summed E-state index contributed by atoms with van der Waals surface area (Å²) in [6, 6.07) is 2.85. The van der Waals surface area contributed by atoms with Crippen molar-refractivity contribution in [2.75, 3.05) is 23.4 Å². The van der Waals surface area contributed by atoms with E-state index in [1.54, 1.807) is 20.8 Å². The normalized spacial score (nSPS) is 14.1. The Bertz CT molecular complexity index is 612. The second-order valence-corrected chi connectivity index (χ2v) is 6.37. The summed E-state index contributed by atoms with van der Waals surface area (Å²) in [7, 11) is 0. The van der Waals surface area contributed by atoms with E-state index < -0.39 is 23.3 Å². The van der Waals surface area contributed by atoms with Crippen molar-refractivity contribution in [3.05, 3.63) is 23.5 Å². The molecule has 0 spiro atoms. The third-order valence-corrected chi connectivity index (χ3v) is 3.47. The van der Waals surface area contributed by atoms with Gasteiger partial charge < -0.3 is 9.47 Å². The first-order chi connectivity index (χ1) is 10.2. The van der Waals surface area contributed by atoms with Crippen LogP contribution in [0.1, 0.15) is 31.1 Å². The number of ketones is 1. The minimum Gasteiger partial charge on any atom is -0.486 e. The van der Waals surface area contributed by atoms with Crippen molar-refractivity contribution in [2.24, 2.45) is 0 Å². The van der Waals surface area contributed by atoms with Crippen LogP contribution in [-0.4, -0.2) is 36.0 Å². The second-order valence-electron chi connectivity index (χ2n) is 5.81. The molecule has 1 aliphatic rings. The van der Waals surface area contributed by atoms with Gasteiger partial charge >= 0.3 is 6.09 Å². The Morgan fingerprint density at radius 2 is 2.09 bits per heavy atom. The Morgan fingerprint density at radius 1 is 1.41 bits per heavy atom. The molecular weight excluding hydrogens is 357 g/mol. The van der Waals surface area contributed by atoms with E-state index in [9.17, 15) is 14.0 Å². The Hall–Kier alpha value is -1.63. The number of carbonyl (C=O) groups is 2. The maximum absolute atomic E-state index is 14.4. The van der Waals surface area contributed by atoms with Crippen LogP contribution in [0.4, 0.5) is 14.9 Å². The van der Waals surface area contributed by atoms with Crippen LogP contribution < -0.4 is 9.64 Å². The fourth-order valence-corrected chi connectivity index (χ4v) is 2.35. The molecule has 7 heteroatoms. The van der Waals surface area contributed by atoms with Crippen LogP contribution in [0, 0.1) is 5.82 Å². The van der Waals surface area contributed by atoms with Gasteiger partial charge in [0.25, 0.3) is 0 Å². The molecule has 0 atom stereocenters. The molecule has 1 aromatic rings. The van der Waals surface area contributed by atoms with Crippen LogP contribution >= 0.6 is 15.9 Å². The number of anilines is 1. The minimum atomic E-state index is -0.754. The summed E-state index contributed by atoms with van der Waals surface area (Å²) in [6.07, 6.45) is -0.573. The molecule has 0 saturated carbocycles. The van der Waals surface area contributed by atoms with Crippen LogP contribution in [0.25, 0.3) is 0 Å². The fraction of sp³-hybridized carbons (Fsp3) is 0.467. The first-order valence-electron chi connectivity index (χ1n) is 6.79. The van der Waals surface area contributed by atoms with Crippen LogP contribution in [0.15, 0.2) is 12.1 Å². The number of ether oxygens (including phenoxy) is 2. The molecule has 1 aliphatic heterocycles. The van der Waals surface area contributed by atoms with Crippen molar-refractivity contribution in [3.8, 4) is 5.75 Å². The van der Waals surface area contributed by atoms with Gasteiger partial charge in [-0.05, 0) is 32.9 Å². The Morgan fingerprint density at radius 3 is 2.68 bits per heavy atom. The zero-order valence-electron chi connectivity index (χ0n) is 12.6. The lowest BCUT2D eigenvalue weighted by molar-refractivity contribution is 0.0567. The van der Waals surface area contributed by atoms with E-state index in [1.165, 1.54) is 17.0 Å². The highest BCUT2D eigenvalue weighted by Crippen LogP contribution is 2.36. The van der Waals surface area contributed by atoms with Crippen LogP contribution in [0.2, 0.25) is 0 Å². The van der Waals surface area contributed by atoms with Gasteiger partial charge in [-0.1, -0.05) is 15.9 Å². The lowest BCUT2D eigenvalue weighted by Gasteiger charge is -2.32. The third kappa shape index (κ3) is 3.40. The van der Waals surface area contributed by atoms with Crippen molar-refractivity contribution < 1.29 is 23.5 Å². The van der Waals surface area contributed by atoms with E-state index in [0.717, 1.165) is 0 Å². The van der Waals surface area contributed by atoms with Gasteiger partial charge in [-0.25, -0.2) is 9.18 Å². The standard InChI is InChI=1S/C15H17BrFNO4/c1-15(2,3)22-14(20)18-6-7-21-13-10(18)5-4-9(12(13)17)11(19)8-16/h4-5H,6-8H2,1-3H3. The number of amides is 1. The molecule has 1 heterocycles. The average Bonchev–Trinajstić information content (AvgIpc) is 2.44. The van der Waals surface area contributed by atoms with Gasteiger partial charge in [0.15, 0.2) is 17.3 Å². The first-order valence-corrected chi connectivity index (χ1v) is 7.91. The number of carbonyl (C=O) groups excluding carboxylic acids is 2. The Balaban J connectivity index is 2.38. The molecule has 120 valence electrons. The molecule has 22 heavy (non-hydrogen) atoms. The summed E-state index contributed by atoms with van der Waals surface area (Å²) in [6.45, 7) is 5.65. The van der Waals surface area contributed by atoms with E-state index in [0.29, 0.717) is 0 Å². The van der Waals surface area contributed by atoms with Crippen molar-refractivity contribution in [2.45, 2.75) is 26.4 Å². The van der Waals surface area contributed by atoms with Crippen LogP contribution in [0.5, 0.6) is 5.75 Å².